The maximum Gasteiger partial charge on any atom is 0.416 e. The molecule has 0 atom stereocenters. The number of benzene rings is 2. The number of halogens is 3. The number of nitrogens with zero attached hydrogens (tertiary/aromatic N) is 2. The number of alkyl halides is 3. The van der Waals surface area contributed by atoms with E-state index >= 15 is 0 Å². The van der Waals surface area contributed by atoms with Gasteiger partial charge >= 0.3 is 6.18 Å². The normalized spacial score (nSPS) is 16.0. The van der Waals surface area contributed by atoms with Crippen molar-refractivity contribution in [2.24, 2.45) is 4.99 Å². The highest BCUT2D eigenvalue weighted by Crippen LogP contribution is 2.31. The molecule has 0 amide bonds. The molecule has 0 radical (unpaired) electrons. The van der Waals surface area contributed by atoms with Gasteiger partial charge in [0.1, 0.15) is 0 Å². The molecule has 29 heavy (non-hydrogen) atoms. The van der Waals surface area contributed by atoms with E-state index in [1.165, 1.54) is 12.1 Å². The largest absolute Gasteiger partial charge is 0.416 e. The topological polar surface area (TPSA) is 25.2 Å². The average molecular weight is 392 g/mol. The second kappa shape index (κ2) is 8.03. The summed E-state index contributed by atoms with van der Waals surface area (Å²) in [4.78, 5) is 8.88. The third-order valence-corrected chi connectivity index (χ3v) is 4.89. The molecule has 0 unspecified atom stereocenters. The molecule has 1 aliphatic rings. The van der Waals surface area contributed by atoms with Crippen LogP contribution in [0.1, 0.15) is 29.5 Å². The second-order valence-electron chi connectivity index (χ2n) is 6.95. The molecule has 0 bridgehead atoms. The van der Waals surface area contributed by atoms with E-state index in [0.29, 0.717) is 0 Å². The lowest BCUT2D eigenvalue weighted by molar-refractivity contribution is -0.137. The number of allylic oxidation sites excluding steroid dienone is 1. The summed E-state index contributed by atoms with van der Waals surface area (Å²) in [5.41, 5.74) is 5.09. The summed E-state index contributed by atoms with van der Waals surface area (Å²) in [6.07, 6.45) is 3.26. The van der Waals surface area contributed by atoms with Gasteiger partial charge in [-0.3, -0.25) is 9.98 Å². The van der Waals surface area contributed by atoms with E-state index in [2.05, 4.69) is 11.1 Å². The molecule has 0 aliphatic carbocycles. The average Bonchev–Trinajstić information content (AvgIpc) is 2.74. The third kappa shape index (κ3) is 4.45. The lowest BCUT2D eigenvalue weighted by Gasteiger charge is -2.16. The Kier molecular flexibility index (Phi) is 5.30. The predicted octanol–water partition coefficient (Wildman–Crippen LogP) is 6.43. The van der Waals surface area contributed by atoms with E-state index in [4.69, 9.17) is 4.99 Å². The predicted molar refractivity (Wildman–Crippen MR) is 110 cm³/mol. The van der Waals surface area contributed by atoms with E-state index in [0.717, 1.165) is 65.1 Å². The van der Waals surface area contributed by atoms with Crippen molar-refractivity contribution in [3.8, 4) is 11.1 Å². The van der Waals surface area contributed by atoms with Crippen LogP contribution in [0.4, 0.5) is 13.2 Å². The summed E-state index contributed by atoms with van der Waals surface area (Å²) in [5.74, 6) is 0. The van der Waals surface area contributed by atoms with Crippen LogP contribution in [0.25, 0.3) is 17.2 Å². The highest BCUT2D eigenvalue weighted by atomic mass is 19.4. The monoisotopic (exact) mass is 392 g/mol. The van der Waals surface area contributed by atoms with E-state index in [1.807, 2.05) is 42.6 Å². The Hall–Kier alpha value is -3.21. The molecule has 0 saturated heterocycles. The molecule has 0 spiro atoms. The van der Waals surface area contributed by atoms with Crippen LogP contribution in [-0.2, 0) is 6.18 Å². The summed E-state index contributed by atoms with van der Waals surface area (Å²) in [6, 6.07) is 17.0. The van der Waals surface area contributed by atoms with Gasteiger partial charge in [-0.25, -0.2) is 0 Å². The fourth-order valence-electron chi connectivity index (χ4n) is 3.46. The molecule has 0 saturated carbocycles. The summed E-state index contributed by atoms with van der Waals surface area (Å²) in [5, 5.41) is 0. The highest BCUT2D eigenvalue weighted by Gasteiger charge is 2.29. The molecule has 3 aromatic rings. The van der Waals surface area contributed by atoms with Gasteiger partial charge in [0.25, 0.3) is 0 Å². The van der Waals surface area contributed by atoms with E-state index in [1.54, 1.807) is 6.20 Å². The van der Waals surface area contributed by atoms with Crippen molar-refractivity contribution in [1.82, 2.24) is 4.98 Å². The van der Waals surface area contributed by atoms with Gasteiger partial charge in [-0.05, 0) is 71.5 Å². The van der Waals surface area contributed by atoms with Crippen LogP contribution < -0.4 is 0 Å². The zero-order chi connectivity index (χ0) is 20.3. The number of hydrogen-bond donors (Lipinski definition) is 0. The first-order valence-electron chi connectivity index (χ1n) is 9.44. The smallest absolute Gasteiger partial charge is 0.284 e. The van der Waals surface area contributed by atoms with Crippen LogP contribution in [0.3, 0.4) is 0 Å². The van der Waals surface area contributed by atoms with Crippen molar-refractivity contribution in [1.29, 1.82) is 0 Å². The van der Waals surface area contributed by atoms with Crippen LogP contribution >= 0.6 is 0 Å². The molecule has 2 heterocycles. The molecule has 1 aromatic heterocycles. The van der Waals surface area contributed by atoms with Gasteiger partial charge in [-0.1, -0.05) is 30.3 Å². The fraction of sp³-hybridized carbons (Fsp3) is 0.167. The van der Waals surface area contributed by atoms with Gasteiger partial charge in [0, 0.05) is 24.5 Å². The van der Waals surface area contributed by atoms with Gasteiger partial charge in [0.15, 0.2) is 0 Å². The molecule has 2 aromatic carbocycles. The Balaban J connectivity index is 1.65. The number of aliphatic imine (C=N–C) groups is 1. The van der Waals surface area contributed by atoms with E-state index in [-0.39, 0.29) is 0 Å². The molecule has 4 rings (SSSR count). The molecule has 146 valence electrons. The maximum atomic E-state index is 12.8. The first-order chi connectivity index (χ1) is 14.0. The third-order valence-electron chi connectivity index (χ3n) is 4.89. The Labute approximate surface area is 167 Å². The number of hydrogen-bond acceptors (Lipinski definition) is 2. The molecule has 1 aliphatic heterocycles. The molecular weight excluding hydrogens is 373 g/mol. The van der Waals surface area contributed by atoms with Crippen molar-refractivity contribution in [3.05, 3.63) is 95.3 Å². The molecule has 0 fully saturated rings. The summed E-state index contributed by atoms with van der Waals surface area (Å²) in [7, 11) is 0. The first-order valence-corrected chi connectivity index (χ1v) is 9.44. The van der Waals surface area contributed by atoms with Crippen molar-refractivity contribution in [2.75, 3.05) is 6.54 Å². The zero-order valence-electron chi connectivity index (χ0n) is 15.7. The Morgan fingerprint density at radius 2 is 1.66 bits per heavy atom. The number of aromatic nitrogens is 1. The molecule has 2 nitrogen and oxygen atoms in total. The van der Waals surface area contributed by atoms with Gasteiger partial charge in [0.2, 0.25) is 0 Å². The SMILES string of the molecule is FC(F)(F)c1ccc(-c2cccc(/C=C3/CCCN=C3c3cccnc3)c2)cc1. The zero-order valence-corrected chi connectivity index (χ0v) is 15.7. The number of pyridine rings is 1. The summed E-state index contributed by atoms with van der Waals surface area (Å²) >= 11 is 0. The minimum absolute atomic E-state index is 0.640. The van der Waals surface area contributed by atoms with Crippen molar-refractivity contribution in [2.45, 2.75) is 19.0 Å². The van der Waals surface area contributed by atoms with Crippen LogP contribution in [0.2, 0.25) is 0 Å². The van der Waals surface area contributed by atoms with Gasteiger partial charge in [-0.15, -0.1) is 0 Å². The van der Waals surface area contributed by atoms with Crippen LogP contribution in [0.5, 0.6) is 0 Å². The Bertz CT molecular complexity index is 1050. The lowest BCUT2D eigenvalue weighted by atomic mass is 9.94. The van der Waals surface area contributed by atoms with Crippen LogP contribution in [-0.4, -0.2) is 17.2 Å². The highest BCUT2D eigenvalue weighted by molar-refractivity contribution is 6.15. The Morgan fingerprint density at radius 1 is 0.862 bits per heavy atom. The summed E-state index contributed by atoms with van der Waals surface area (Å²) in [6.45, 7) is 0.799. The second-order valence-corrected chi connectivity index (χ2v) is 6.95. The first kappa shape index (κ1) is 19.1. The van der Waals surface area contributed by atoms with Crippen molar-refractivity contribution in [3.63, 3.8) is 0 Å². The minimum atomic E-state index is -4.33. The van der Waals surface area contributed by atoms with Crippen LogP contribution in [0, 0.1) is 0 Å². The number of rotatable bonds is 3. The van der Waals surface area contributed by atoms with E-state index < -0.39 is 11.7 Å². The fourth-order valence-corrected chi connectivity index (χ4v) is 3.46. The van der Waals surface area contributed by atoms with Crippen LogP contribution in [0.15, 0.2) is 83.6 Å². The molecule has 5 heteroatoms. The van der Waals surface area contributed by atoms with E-state index in [9.17, 15) is 13.2 Å². The quantitative estimate of drug-likeness (QED) is 0.504. The van der Waals surface area contributed by atoms with Gasteiger partial charge in [0.05, 0.1) is 11.3 Å². The van der Waals surface area contributed by atoms with Crippen molar-refractivity contribution < 1.29 is 13.2 Å². The standard InChI is InChI=1S/C24H19F3N2/c25-24(26,27)22-10-8-18(9-11-22)19-5-1-4-17(14-19)15-20-6-3-13-29-23(20)21-7-2-12-28-16-21/h1-2,4-5,7-12,14-16H,3,6,13H2/b20-15-. The molecular formula is C24H19F3N2. The minimum Gasteiger partial charge on any atom is -0.284 e. The lowest BCUT2D eigenvalue weighted by Crippen LogP contribution is -2.11. The van der Waals surface area contributed by atoms with Crippen molar-refractivity contribution >= 4 is 11.8 Å². The Morgan fingerprint density at radius 3 is 2.38 bits per heavy atom. The van der Waals surface area contributed by atoms with Gasteiger partial charge in [-0.2, -0.15) is 13.2 Å². The maximum absolute atomic E-state index is 12.8. The molecule has 0 N–H and O–H groups in total. The van der Waals surface area contributed by atoms with Gasteiger partial charge < -0.3 is 0 Å². The summed E-state index contributed by atoms with van der Waals surface area (Å²) < 4.78 is 38.4.